The standard InChI is InChI=1S/C30H36N6O4S/c37-23(19-40-25-6-4-5-24-27(25)33-29(39)32-24)18-31-21-11-15-35(16-12-21)22-9-7-20(8-10-22)17-26-28(38)34-30(41-26)36-13-2-1-3-14-36/h4-10,17,21,23,31,37H,1-3,11-16,18-19H2,(H2,32,33,39)/b26-17+/t23-/m0/s1. The second kappa shape index (κ2) is 12.5. The van der Waals surface area contributed by atoms with E-state index in [4.69, 9.17) is 4.74 Å². The molecule has 1 atom stereocenters. The number of aromatic amines is 2. The van der Waals surface area contributed by atoms with Crippen LogP contribution in [0.3, 0.4) is 0 Å². The van der Waals surface area contributed by atoms with Crippen molar-refractivity contribution in [2.75, 3.05) is 44.2 Å². The summed E-state index contributed by atoms with van der Waals surface area (Å²) in [5, 5.41) is 14.8. The number of carbonyl (C=O) groups excluding carboxylic acids is 1. The highest BCUT2D eigenvalue weighted by atomic mass is 32.2. The number of fused-ring (bicyclic) bond motifs is 1. The summed E-state index contributed by atoms with van der Waals surface area (Å²) in [7, 11) is 0. The number of piperidine rings is 2. The van der Waals surface area contributed by atoms with Crippen molar-refractivity contribution in [3.05, 3.63) is 63.4 Å². The van der Waals surface area contributed by atoms with Crippen LogP contribution in [0.5, 0.6) is 5.75 Å². The molecule has 11 heteroatoms. The molecule has 0 radical (unpaired) electrons. The minimum Gasteiger partial charge on any atom is -0.489 e. The van der Waals surface area contributed by atoms with Gasteiger partial charge in [0.15, 0.2) is 5.17 Å². The Morgan fingerprint density at radius 1 is 1.02 bits per heavy atom. The van der Waals surface area contributed by atoms with Crippen LogP contribution in [0.1, 0.15) is 37.7 Å². The molecule has 0 aliphatic carbocycles. The van der Waals surface area contributed by atoms with E-state index < -0.39 is 6.10 Å². The van der Waals surface area contributed by atoms with E-state index in [1.807, 2.05) is 6.08 Å². The maximum Gasteiger partial charge on any atom is 0.323 e. The van der Waals surface area contributed by atoms with E-state index in [0.29, 0.717) is 34.3 Å². The SMILES string of the molecule is O=C1N=C(N2CCCCC2)S/C1=C/c1ccc(N2CCC(NC[C@H](O)COc3cccc4[nH]c(=O)[nH]c34)CC2)cc1. The van der Waals surface area contributed by atoms with Gasteiger partial charge in [-0.2, -0.15) is 4.99 Å². The first-order valence-corrected chi connectivity index (χ1v) is 15.2. The fourth-order valence-corrected chi connectivity index (χ4v) is 6.56. The lowest BCUT2D eigenvalue weighted by Gasteiger charge is -2.34. The van der Waals surface area contributed by atoms with Crippen LogP contribution in [0.15, 0.2) is 57.2 Å². The number of aliphatic hydroxyl groups is 1. The summed E-state index contributed by atoms with van der Waals surface area (Å²) in [5.74, 6) is 0.403. The first kappa shape index (κ1) is 27.6. The number of para-hydroxylation sites is 1. The minimum absolute atomic E-state index is 0.135. The maximum absolute atomic E-state index is 12.5. The molecule has 0 unspecified atom stereocenters. The number of H-pyrrole nitrogens is 2. The number of hydrogen-bond donors (Lipinski definition) is 4. The molecule has 0 bridgehead atoms. The van der Waals surface area contributed by atoms with Gasteiger partial charge in [-0.25, -0.2) is 4.79 Å². The molecule has 3 aromatic rings. The van der Waals surface area contributed by atoms with Gasteiger partial charge in [-0.15, -0.1) is 0 Å². The lowest BCUT2D eigenvalue weighted by molar-refractivity contribution is -0.113. The second-order valence-electron chi connectivity index (χ2n) is 10.8. The fraction of sp³-hybridized carbons (Fsp3) is 0.433. The van der Waals surface area contributed by atoms with Crippen molar-refractivity contribution in [2.24, 2.45) is 4.99 Å². The molecule has 216 valence electrons. The number of aliphatic hydroxyl groups excluding tert-OH is 1. The van der Waals surface area contributed by atoms with E-state index >= 15 is 0 Å². The van der Waals surface area contributed by atoms with E-state index in [1.165, 1.54) is 23.9 Å². The highest BCUT2D eigenvalue weighted by Gasteiger charge is 2.27. The number of likely N-dealkylation sites (tertiary alicyclic amines) is 1. The van der Waals surface area contributed by atoms with E-state index in [0.717, 1.165) is 62.6 Å². The molecular formula is C30H36N6O4S. The van der Waals surface area contributed by atoms with Gasteiger partial charge in [0.2, 0.25) is 0 Å². The van der Waals surface area contributed by atoms with E-state index in [1.54, 1.807) is 18.2 Å². The lowest BCUT2D eigenvalue weighted by Crippen LogP contribution is -2.45. The number of ether oxygens (including phenoxy) is 1. The van der Waals surface area contributed by atoms with Crippen molar-refractivity contribution in [2.45, 2.75) is 44.2 Å². The average Bonchev–Trinajstić information content (AvgIpc) is 3.57. The van der Waals surface area contributed by atoms with Gasteiger partial charge in [-0.1, -0.05) is 18.2 Å². The number of aromatic nitrogens is 2. The number of aliphatic imine (C=N–C) groups is 1. The summed E-state index contributed by atoms with van der Waals surface area (Å²) in [5.41, 5.74) is 3.18. The van der Waals surface area contributed by atoms with Crippen LogP contribution in [0.4, 0.5) is 5.69 Å². The molecule has 0 spiro atoms. The molecule has 3 aliphatic heterocycles. The Morgan fingerprint density at radius 2 is 1.80 bits per heavy atom. The number of anilines is 1. The topological polar surface area (TPSA) is 126 Å². The van der Waals surface area contributed by atoms with Crippen molar-refractivity contribution in [3.8, 4) is 5.75 Å². The summed E-state index contributed by atoms with van der Waals surface area (Å²) in [6, 6.07) is 14.1. The Kier molecular flexibility index (Phi) is 8.45. The Bertz CT molecular complexity index is 1480. The number of imidazole rings is 1. The third-order valence-electron chi connectivity index (χ3n) is 7.87. The zero-order valence-electron chi connectivity index (χ0n) is 23.0. The fourth-order valence-electron chi connectivity index (χ4n) is 5.59. The van der Waals surface area contributed by atoms with Crippen molar-refractivity contribution in [3.63, 3.8) is 0 Å². The van der Waals surface area contributed by atoms with Gasteiger partial charge in [0.05, 0.1) is 10.4 Å². The molecule has 1 aromatic heterocycles. The highest BCUT2D eigenvalue weighted by molar-refractivity contribution is 8.18. The Morgan fingerprint density at radius 3 is 2.59 bits per heavy atom. The number of amidine groups is 1. The number of carbonyl (C=O) groups is 1. The van der Waals surface area contributed by atoms with Gasteiger partial charge in [0.1, 0.15) is 24.0 Å². The van der Waals surface area contributed by atoms with Crippen molar-refractivity contribution < 1.29 is 14.6 Å². The van der Waals surface area contributed by atoms with E-state index in [-0.39, 0.29) is 18.2 Å². The zero-order valence-corrected chi connectivity index (χ0v) is 23.8. The summed E-state index contributed by atoms with van der Waals surface area (Å²) >= 11 is 1.49. The van der Waals surface area contributed by atoms with Gasteiger partial charge in [-0.05, 0) is 79.8 Å². The molecule has 6 rings (SSSR count). The van der Waals surface area contributed by atoms with Crippen LogP contribution in [0, 0.1) is 0 Å². The Labute approximate surface area is 242 Å². The molecule has 2 aromatic carbocycles. The highest BCUT2D eigenvalue weighted by Crippen LogP contribution is 2.32. The molecule has 0 saturated carbocycles. The van der Waals surface area contributed by atoms with Gasteiger partial charge >= 0.3 is 5.69 Å². The molecule has 4 N–H and O–H groups in total. The largest absolute Gasteiger partial charge is 0.489 e. The van der Waals surface area contributed by atoms with E-state index in [2.05, 4.69) is 54.3 Å². The molecule has 2 fully saturated rings. The minimum atomic E-state index is -0.665. The summed E-state index contributed by atoms with van der Waals surface area (Å²) in [6.45, 7) is 4.39. The molecular weight excluding hydrogens is 540 g/mol. The third-order valence-corrected chi connectivity index (χ3v) is 8.92. The number of benzene rings is 2. The normalized spacial score (nSPS) is 20.2. The maximum atomic E-state index is 12.5. The number of thioether (sulfide) groups is 1. The van der Waals surface area contributed by atoms with Gasteiger partial charge < -0.3 is 34.9 Å². The van der Waals surface area contributed by atoms with Gasteiger partial charge in [-0.3, -0.25) is 4.79 Å². The van der Waals surface area contributed by atoms with Crippen molar-refractivity contribution in [1.29, 1.82) is 0 Å². The molecule has 2 saturated heterocycles. The quantitative estimate of drug-likeness (QED) is 0.301. The predicted octanol–water partition coefficient (Wildman–Crippen LogP) is 3.31. The second-order valence-corrected chi connectivity index (χ2v) is 11.9. The molecule has 41 heavy (non-hydrogen) atoms. The van der Waals surface area contributed by atoms with Crippen LogP contribution >= 0.6 is 11.8 Å². The lowest BCUT2D eigenvalue weighted by atomic mass is 10.0. The van der Waals surface area contributed by atoms with Crippen LogP contribution in [-0.4, -0.2) is 82.5 Å². The molecule has 1 amide bonds. The van der Waals surface area contributed by atoms with Crippen molar-refractivity contribution in [1.82, 2.24) is 20.2 Å². The monoisotopic (exact) mass is 576 g/mol. The molecule has 4 heterocycles. The molecule has 3 aliphatic rings. The van der Waals surface area contributed by atoms with Crippen molar-refractivity contribution >= 4 is 45.6 Å². The predicted molar refractivity (Wildman–Crippen MR) is 164 cm³/mol. The smallest absolute Gasteiger partial charge is 0.323 e. The van der Waals surface area contributed by atoms with Gasteiger partial charge in [0.25, 0.3) is 5.91 Å². The third kappa shape index (κ3) is 6.69. The van der Waals surface area contributed by atoms with Crippen LogP contribution < -0.4 is 20.6 Å². The number of hydrogen-bond acceptors (Lipinski definition) is 8. The zero-order chi connectivity index (χ0) is 28.2. The number of rotatable bonds is 8. The summed E-state index contributed by atoms with van der Waals surface area (Å²) in [6.07, 6.45) is 6.81. The van der Waals surface area contributed by atoms with Crippen LogP contribution in [0.2, 0.25) is 0 Å². The van der Waals surface area contributed by atoms with Crippen LogP contribution in [0.25, 0.3) is 17.1 Å². The van der Waals surface area contributed by atoms with Gasteiger partial charge in [0, 0.05) is 44.5 Å². The Balaban J connectivity index is 0.940. The summed E-state index contributed by atoms with van der Waals surface area (Å²) < 4.78 is 5.78. The first-order chi connectivity index (χ1) is 20.0. The number of amides is 1. The first-order valence-electron chi connectivity index (χ1n) is 14.4. The Hall–Kier alpha value is -3.54. The number of nitrogens with zero attached hydrogens (tertiary/aromatic N) is 3. The average molecular weight is 577 g/mol. The number of nitrogens with one attached hydrogen (secondary N) is 3. The van der Waals surface area contributed by atoms with E-state index in [9.17, 15) is 14.7 Å². The molecule has 10 nitrogen and oxygen atoms in total. The summed E-state index contributed by atoms with van der Waals surface area (Å²) in [4.78, 5) is 39.1. The van der Waals surface area contributed by atoms with Crippen LogP contribution in [-0.2, 0) is 4.79 Å².